The molecule has 22 heavy (non-hydrogen) atoms. The van der Waals surface area contributed by atoms with Gasteiger partial charge >= 0.3 is 0 Å². The average molecular weight is 294 g/mol. The van der Waals surface area contributed by atoms with E-state index >= 15 is 0 Å². The lowest BCUT2D eigenvalue weighted by Gasteiger charge is -2.12. The third-order valence-electron chi connectivity index (χ3n) is 3.20. The van der Waals surface area contributed by atoms with Crippen LogP contribution in [-0.2, 0) is 11.4 Å². The molecule has 0 aliphatic heterocycles. The second-order valence-electron chi connectivity index (χ2n) is 4.96. The number of amidine groups is 1. The van der Waals surface area contributed by atoms with Gasteiger partial charge in [-0.25, -0.2) is 0 Å². The van der Waals surface area contributed by atoms with Crippen LogP contribution >= 0.6 is 0 Å². The fourth-order valence-electron chi connectivity index (χ4n) is 1.91. The maximum Gasteiger partial charge on any atom is 0.170 e. The average Bonchev–Trinajstić information content (AvgIpc) is 2.55. The quantitative estimate of drug-likeness (QED) is 0.522. The SMILES string of the molecule is CN(C)c1ccc(/C(N)=N/OCc2ccccc2C#N)cc1. The van der Waals surface area contributed by atoms with Crippen LogP contribution < -0.4 is 10.6 Å². The van der Waals surface area contributed by atoms with Crippen LogP contribution in [-0.4, -0.2) is 19.9 Å². The van der Waals surface area contributed by atoms with Crippen molar-refractivity contribution < 1.29 is 4.84 Å². The normalized spacial score (nSPS) is 10.9. The number of oxime groups is 1. The first-order valence-electron chi connectivity index (χ1n) is 6.83. The van der Waals surface area contributed by atoms with Gasteiger partial charge in [0.15, 0.2) is 5.84 Å². The predicted molar refractivity (Wildman–Crippen MR) is 87.4 cm³/mol. The number of hydrogen-bond donors (Lipinski definition) is 1. The van der Waals surface area contributed by atoms with Crippen LogP contribution in [0, 0.1) is 11.3 Å². The Labute approximate surface area is 130 Å². The summed E-state index contributed by atoms with van der Waals surface area (Å²) in [6, 6.07) is 17.1. The largest absolute Gasteiger partial charge is 0.389 e. The molecular weight excluding hydrogens is 276 g/mol. The van der Waals surface area contributed by atoms with Crippen LogP contribution in [0.3, 0.4) is 0 Å². The first kappa shape index (κ1) is 15.4. The van der Waals surface area contributed by atoms with Crippen molar-refractivity contribution in [1.82, 2.24) is 0 Å². The molecular formula is C17H18N4O. The monoisotopic (exact) mass is 294 g/mol. The van der Waals surface area contributed by atoms with Crippen molar-refractivity contribution >= 4 is 11.5 Å². The Balaban J connectivity index is 2.02. The van der Waals surface area contributed by atoms with E-state index in [1.807, 2.05) is 61.5 Å². The summed E-state index contributed by atoms with van der Waals surface area (Å²) in [5, 5.41) is 12.9. The molecule has 0 spiro atoms. The number of hydrogen-bond acceptors (Lipinski definition) is 4. The molecule has 0 fully saturated rings. The Bertz CT molecular complexity index is 699. The third kappa shape index (κ3) is 3.76. The maximum atomic E-state index is 9.01. The second-order valence-corrected chi connectivity index (χ2v) is 4.96. The first-order valence-corrected chi connectivity index (χ1v) is 6.83. The van der Waals surface area contributed by atoms with Crippen molar-refractivity contribution in [3.63, 3.8) is 0 Å². The Morgan fingerprint density at radius 3 is 2.50 bits per heavy atom. The van der Waals surface area contributed by atoms with Gasteiger partial charge in [-0.15, -0.1) is 0 Å². The van der Waals surface area contributed by atoms with Gasteiger partial charge in [-0.2, -0.15) is 5.26 Å². The van der Waals surface area contributed by atoms with Crippen molar-refractivity contribution in [1.29, 1.82) is 5.26 Å². The fourth-order valence-corrected chi connectivity index (χ4v) is 1.91. The number of nitrogens with two attached hydrogens (primary N) is 1. The number of nitrogens with zero attached hydrogens (tertiary/aromatic N) is 3. The maximum absolute atomic E-state index is 9.01. The summed E-state index contributed by atoms with van der Waals surface area (Å²) in [5.41, 5.74) is 9.13. The van der Waals surface area contributed by atoms with Crippen molar-refractivity contribution in [2.75, 3.05) is 19.0 Å². The minimum atomic E-state index is 0.209. The lowest BCUT2D eigenvalue weighted by molar-refractivity contribution is 0.130. The van der Waals surface area contributed by atoms with Crippen LogP contribution in [0.15, 0.2) is 53.7 Å². The third-order valence-corrected chi connectivity index (χ3v) is 3.20. The molecule has 0 radical (unpaired) electrons. The zero-order valence-electron chi connectivity index (χ0n) is 12.7. The molecule has 2 aromatic rings. The smallest absolute Gasteiger partial charge is 0.170 e. The zero-order valence-corrected chi connectivity index (χ0v) is 12.7. The lowest BCUT2D eigenvalue weighted by Crippen LogP contribution is -2.14. The van der Waals surface area contributed by atoms with Gasteiger partial charge in [-0.3, -0.25) is 0 Å². The van der Waals surface area contributed by atoms with E-state index in [1.54, 1.807) is 6.07 Å². The van der Waals surface area contributed by atoms with E-state index < -0.39 is 0 Å². The Kier molecular flexibility index (Phi) is 4.99. The van der Waals surface area contributed by atoms with Gasteiger partial charge in [0.25, 0.3) is 0 Å². The molecule has 5 nitrogen and oxygen atoms in total. The summed E-state index contributed by atoms with van der Waals surface area (Å²) in [5.74, 6) is 0.305. The van der Waals surface area contributed by atoms with Crippen molar-refractivity contribution in [2.24, 2.45) is 10.9 Å². The summed E-state index contributed by atoms with van der Waals surface area (Å²) in [7, 11) is 3.95. The second kappa shape index (κ2) is 7.14. The molecule has 0 aromatic heterocycles. The molecule has 0 bridgehead atoms. The zero-order chi connectivity index (χ0) is 15.9. The molecule has 0 atom stereocenters. The van der Waals surface area contributed by atoms with Crippen LogP contribution in [0.2, 0.25) is 0 Å². The lowest BCUT2D eigenvalue weighted by atomic mass is 10.1. The van der Waals surface area contributed by atoms with Gasteiger partial charge < -0.3 is 15.5 Å². The van der Waals surface area contributed by atoms with Crippen LogP contribution in [0.4, 0.5) is 5.69 Å². The van der Waals surface area contributed by atoms with Crippen LogP contribution in [0.5, 0.6) is 0 Å². The van der Waals surface area contributed by atoms with E-state index in [4.69, 9.17) is 15.8 Å². The van der Waals surface area contributed by atoms with Gasteiger partial charge in [-0.1, -0.05) is 23.4 Å². The van der Waals surface area contributed by atoms with E-state index in [0.29, 0.717) is 11.4 Å². The topological polar surface area (TPSA) is 74.6 Å². The summed E-state index contributed by atoms with van der Waals surface area (Å²) in [6.45, 7) is 0.209. The van der Waals surface area contributed by atoms with E-state index in [9.17, 15) is 0 Å². The van der Waals surface area contributed by atoms with E-state index in [0.717, 1.165) is 16.8 Å². The van der Waals surface area contributed by atoms with E-state index in [2.05, 4.69) is 11.2 Å². The van der Waals surface area contributed by atoms with Gasteiger partial charge in [0, 0.05) is 30.9 Å². The summed E-state index contributed by atoms with van der Waals surface area (Å²) in [4.78, 5) is 7.26. The number of benzene rings is 2. The number of nitriles is 1. The van der Waals surface area contributed by atoms with Crippen molar-refractivity contribution in [3.05, 3.63) is 65.2 Å². The highest BCUT2D eigenvalue weighted by molar-refractivity contribution is 5.97. The molecule has 2 aromatic carbocycles. The minimum absolute atomic E-state index is 0.209. The van der Waals surface area contributed by atoms with Crippen LogP contribution in [0.25, 0.3) is 0 Å². The molecule has 0 aliphatic rings. The van der Waals surface area contributed by atoms with Gasteiger partial charge in [0.2, 0.25) is 0 Å². The highest BCUT2D eigenvalue weighted by Crippen LogP contribution is 2.12. The summed E-state index contributed by atoms with van der Waals surface area (Å²) >= 11 is 0. The highest BCUT2D eigenvalue weighted by atomic mass is 16.6. The predicted octanol–water partition coefficient (Wildman–Crippen LogP) is 2.46. The molecule has 0 unspecified atom stereocenters. The molecule has 0 aliphatic carbocycles. The van der Waals surface area contributed by atoms with Crippen molar-refractivity contribution in [3.8, 4) is 6.07 Å². The van der Waals surface area contributed by atoms with Gasteiger partial charge in [0.05, 0.1) is 11.6 Å². The standard InChI is InChI=1S/C17H18N4O/c1-21(2)16-9-7-13(8-10-16)17(19)20-22-12-15-6-4-3-5-14(15)11-18/h3-10H,12H2,1-2H3,(H2,19,20). The molecule has 2 rings (SSSR count). The molecule has 0 saturated heterocycles. The Morgan fingerprint density at radius 1 is 1.18 bits per heavy atom. The summed E-state index contributed by atoms with van der Waals surface area (Å²) < 4.78 is 0. The van der Waals surface area contributed by atoms with E-state index in [-0.39, 0.29) is 6.61 Å². The molecule has 0 saturated carbocycles. The van der Waals surface area contributed by atoms with E-state index in [1.165, 1.54) is 0 Å². The highest BCUT2D eigenvalue weighted by Gasteiger charge is 2.03. The molecule has 2 N–H and O–H groups in total. The van der Waals surface area contributed by atoms with Gasteiger partial charge in [0.1, 0.15) is 6.61 Å². The molecule has 0 heterocycles. The number of rotatable bonds is 5. The minimum Gasteiger partial charge on any atom is -0.389 e. The Hall–Kier alpha value is -3.00. The molecule has 0 amide bonds. The first-order chi connectivity index (χ1) is 10.6. The van der Waals surface area contributed by atoms with Gasteiger partial charge in [-0.05, 0) is 30.3 Å². The molecule has 112 valence electrons. The fraction of sp³-hybridized carbons (Fsp3) is 0.176. The number of anilines is 1. The molecule has 5 heteroatoms. The Morgan fingerprint density at radius 2 is 1.86 bits per heavy atom. The van der Waals surface area contributed by atoms with Crippen LogP contribution in [0.1, 0.15) is 16.7 Å². The summed E-state index contributed by atoms with van der Waals surface area (Å²) in [6.07, 6.45) is 0. The van der Waals surface area contributed by atoms with Crippen molar-refractivity contribution in [2.45, 2.75) is 6.61 Å².